The first-order valence-electron chi connectivity index (χ1n) is 7.17. The molecule has 0 aromatic heterocycles. The number of nitrogens with zero attached hydrogens (tertiary/aromatic N) is 1. The molecule has 0 bridgehead atoms. The van der Waals surface area contributed by atoms with Gasteiger partial charge in [0.25, 0.3) is 5.91 Å². The number of rotatable bonds is 4. The van der Waals surface area contributed by atoms with Crippen LogP contribution in [0.1, 0.15) is 25.3 Å². The predicted octanol–water partition coefficient (Wildman–Crippen LogP) is 1.38. The lowest BCUT2D eigenvalue weighted by atomic mass is 10.1. The molecule has 1 heterocycles. The number of carboxylic acids is 1. The highest BCUT2D eigenvalue weighted by Crippen LogP contribution is 2.20. The first kappa shape index (κ1) is 16.7. The summed E-state index contributed by atoms with van der Waals surface area (Å²) in [7, 11) is 0. The van der Waals surface area contributed by atoms with Crippen LogP contribution in [0.4, 0.5) is 4.39 Å². The van der Waals surface area contributed by atoms with Gasteiger partial charge in [0.15, 0.2) is 0 Å². The number of hydrogen-bond acceptors (Lipinski definition) is 3. The van der Waals surface area contributed by atoms with E-state index in [-0.39, 0.29) is 5.70 Å². The summed E-state index contributed by atoms with van der Waals surface area (Å²) in [6, 6.07) is 4.49. The molecular weight excluding hydrogens is 303 g/mol. The fourth-order valence-electron chi connectivity index (χ4n) is 2.49. The first-order valence-corrected chi connectivity index (χ1v) is 7.17. The molecule has 0 aliphatic carbocycles. The molecule has 0 spiro atoms. The molecule has 1 aliphatic heterocycles. The number of benzene rings is 1. The molecule has 1 aliphatic rings. The molecule has 6 nitrogen and oxygen atoms in total. The Morgan fingerprint density at radius 2 is 1.96 bits per heavy atom. The second kappa shape index (κ2) is 7.04. The summed E-state index contributed by atoms with van der Waals surface area (Å²) in [5.41, 5.74) is 0.492. The lowest BCUT2D eigenvalue weighted by Crippen LogP contribution is -2.44. The van der Waals surface area contributed by atoms with Gasteiger partial charge in [-0.1, -0.05) is 12.1 Å². The molecule has 23 heavy (non-hydrogen) atoms. The predicted molar refractivity (Wildman–Crippen MR) is 80.6 cm³/mol. The highest BCUT2D eigenvalue weighted by atomic mass is 19.1. The molecule has 2 amide bonds. The molecule has 1 saturated heterocycles. The number of aliphatic carboxylic acids is 1. The zero-order chi connectivity index (χ0) is 17.0. The van der Waals surface area contributed by atoms with Crippen LogP contribution in [0.2, 0.25) is 0 Å². The maximum atomic E-state index is 12.9. The molecule has 122 valence electrons. The number of carbonyl (C=O) groups excluding carboxylic acids is 2. The Labute approximate surface area is 132 Å². The van der Waals surface area contributed by atoms with E-state index in [0.717, 1.165) is 0 Å². The van der Waals surface area contributed by atoms with Crippen LogP contribution in [0.3, 0.4) is 0 Å². The van der Waals surface area contributed by atoms with Gasteiger partial charge < -0.3 is 15.3 Å². The lowest BCUT2D eigenvalue weighted by Gasteiger charge is -2.23. The van der Waals surface area contributed by atoms with E-state index >= 15 is 0 Å². The van der Waals surface area contributed by atoms with Gasteiger partial charge in [-0.3, -0.25) is 9.59 Å². The lowest BCUT2D eigenvalue weighted by molar-refractivity contribution is -0.147. The minimum atomic E-state index is -1.07. The fraction of sp³-hybridized carbons (Fsp3) is 0.312. The van der Waals surface area contributed by atoms with Crippen molar-refractivity contribution in [1.82, 2.24) is 10.2 Å². The third-order valence-corrected chi connectivity index (χ3v) is 3.52. The van der Waals surface area contributed by atoms with Crippen LogP contribution >= 0.6 is 0 Å². The topological polar surface area (TPSA) is 86.7 Å². The van der Waals surface area contributed by atoms with E-state index in [1.54, 1.807) is 0 Å². The minimum absolute atomic E-state index is 0.0303. The number of nitrogens with one attached hydrogen (secondary N) is 1. The van der Waals surface area contributed by atoms with Gasteiger partial charge in [-0.25, -0.2) is 9.18 Å². The average molecular weight is 320 g/mol. The van der Waals surface area contributed by atoms with Gasteiger partial charge in [-0.05, 0) is 36.6 Å². The monoisotopic (exact) mass is 320 g/mol. The molecule has 2 rings (SSSR count). The van der Waals surface area contributed by atoms with E-state index in [0.29, 0.717) is 24.9 Å². The van der Waals surface area contributed by atoms with E-state index in [1.807, 2.05) is 0 Å². The van der Waals surface area contributed by atoms with E-state index in [9.17, 15) is 23.9 Å². The molecular formula is C16H17FN2O4. The molecule has 0 saturated carbocycles. The van der Waals surface area contributed by atoms with E-state index < -0.39 is 29.6 Å². The van der Waals surface area contributed by atoms with Gasteiger partial charge in [0.05, 0.1) is 0 Å². The highest BCUT2D eigenvalue weighted by molar-refractivity contribution is 6.02. The van der Waals surface area contributed by atoms with Crippen LogP contribution in [-0.4, -0.2) is 40.4 Å². The van der Waals surface area contributed by atoms with Gasteiger partial charge >= 0.3 is 5.97 Å². The Hall–Kier alpha value is -2.70. The van der Waals surface area contributed by atoms with Gasteiger partial charge in [-0.15, -0.1) is 0 Å². The third-order valence-electron chi connectivity index (χ3n) is 3.52. The van der Waals surface area contributed by atoms with Crippen molar-refractivity contribution in [2.24, 2.45) is 0 Å². The average Bonchev–Trinajstić information content (AvgIpc) is 2.97. The Balaban J connectivity index is 2.30. The summed E-state index contributed by atoms with van der Waals surface area (Å²) >= 11 is 0. The zero-order valence-electron chi connectivity index (χ0n) is 12.6. The highest BCUT2D eigenvalue weighted by Gasteiger charge is 2.35. The molecule has 0 radical (unpaired) electrons. The Morgan fingerprint density at radius 3 is 2.52 bits per heavy atom. The largest absolute Gasteiger partial charge is 0.480 e. The molecule has 2 N–H and O–H groups in total. The van der Waals surface area contributed by atoms with Crippen molar-refractivity contribution >= 4 is 23.9 Å². The second-order valence-corrected chi connectivity index (χ2v) is 5.29. The van der Waals surface area contributed by atoms with Crippen molar-refractivity contribution in [2.45, 2.75) is 25.8 Å². The van der Waals surface area contributed by atoms with Crippen LogP contribution in [0.5, 0.6) is 0 Å². The normalized spacial score (nSPS) is 17.9. The Morgan fingerprint density at radius 1 is 1.30 bits per heavy atom. The summed E-state index contributed by atoms with van der Waals surface area (Å²) < 4.78 is 12.9. The summed E-state index contributed by atoms with van der Waals surface area (Å²) in [4.78, 5) is 36.4. The van der Waals surface area contributed by atoms with E-state index in [2.05, 4.69) is 5.32 Å². The van der Waals surface area contributed by atoms with Gasteiger partial charge in [0.1, 0.15) is 17.6 Å². The molecule has 1 atom stereocenters. The van der Waals surface area contributed by atoms with Gasteiger partial charge in [0.2, 0.25) is 5.91 Å². The summed E-state index contributed by atoms with van der Waals surface area (Å²) in [6.45, 7) is 1.57. The number of likely N-dealkylation sites (tertiary alicyclic amines) is 1. The number of hydrogen-bond donors (Lipinski definition) is 2. The van der Waals surface area contributed by atoms with Crippen molar-refractivity contribution in [1.29, 1.82) is 0 Å². The number of halogens is 1. The quantitative estimate of drug-likeness (QED) is 0.821. The standard InChI is InChI=1S/C16H17FN2O4/c1-10(20)18-13(9-11-4-6-12(17)7-5-11)15(21)19-8-2-3-14(19)16(22)23/h4-7,9,14H,2-3,8H2,1H3,(H,18,20)(H,22,23). The Bertz CT molecular complexity index is 655. The van der Waals surface area contributed by atoms with Crippen LogP contribution in [0.15, 0.2) is 30.0 Å². The maximum absolute atomic E-state index is 12.9. The molecule has 7 heteroatoms. The third kappa shape index (κ3) is 4.15. The number of amides is 2. The van der Waals surface area contributed by atoms with Crippen molar-refractivity contribution in [3.63, 3.8) is 0 Å². The number of carboxylic acid groups (broad SMARTS) is 1. The minimum Gasteiger partial charge on any atom is -0.480 e. The summed E-state index contributed by atoms with van der Waals surface area (Å²) in [6.07, 6.45) is 2.37. The number of carbonyl (C=O) groups is 3. The Kier molecular flexibility index (Phi) is 5.10. The second-order valence-electron chi connectivity index (χ2n) is 5.29. The van der Waals surface area contributed by atoms with Crippen molar-refractivity contribution in [2.75, 3.05) is 6.54 Å². The van der Waals surface area contributed by atoms with Gasteiger partial charge in [-0.2, -0.15) is 0 Å². The van der Waals surface area contributed by atoms with Crippen LogP contribution < -0.4 is 5.32 Å². The van der Waals surface area contributed by atoms with Crippen LogP contribution in [-0.2, 0) is 14.4 Å². The molecule has 1 aromatic carbocycles. The SMILES string of the molecule is CC(=O)NC(=Cc1ccc(F)cc1)C(=O)N1CCCC1C(=O)O. The van der Waals surface area contributed by atoms with Gasteiger partial charge in [0, 0.05) is 13.5 Å². The zero-order valence-corrected chi connectivity index (χ0v) is 12.6. The molecule has 1 fully saturated rings. The molecule has 1 aromatic rings. The van der Waals surface area contributed by atoms with E-state index in [4.69, 9.17) is 0 Å². The smallest absolute Gasteiger partial charge is 0.326 e. The maximum Gasteiger partial charge on any atom is 0.326 e. The first-order chi connectivity index (χ1) is 10.9. The van der Waals surface area contributed by atoms with Crippen LogP contribution in [0.25, 0.3) is 6.08 Å². The van der Waals surface area contributed by atoms with Crippen molar-refractivity contribution in [3.05, 3.63) is 41.3 Å². The van der Waals surface area contributed by atoms with Crippen molar-refractivity contribution < 1.29 is 23.9 Å². The fourth-order valence-corrected chi connectivity index (χ4v) is 2.49. The molecule has 1 unspecified atom stereocenters. The van der Waals surface area contributed by atoms with Crippen LogP contribution in [0, 0.1) is 5.82 Å². The van der Waals surface area contributed by atoms with E-state index in [1.165, 1.54) is 42.2 Å². The summed E-state index contributed by atoms with van der Waals surface area (Å²) in [5.74, 6) is -2.49. The van der Waals surface area contributed by atoms with Crippen molar-refractivity contribution in [3.8, 4) is 0 Å². The summed E-state index contributed by atoms with van der Waals surface area (Å²) in [5, 5.41) is 11.6.